The van der Waals surface area contributed by atoms with Gasteiger partial charge in [0.05, 0.1) is 6.10 Å². The van der Waals surface area contributed by atoms with Crippen LogP contribution in [0.5, 0.6) is 0 Å². The average Bonchev–Trinajstić information content (AvgIpc) is 2.83. The van der Waals surface area contributed by atoms with Crippen molar-refractivity contribution in [1.29, 1.82) is 0 Å². The van der Waals surface area contributed by atoms with Crippen LogP contribution < -0.4 is 5.32 Å². The Kier molecular flexibility index (Phi) is 5.20. The first kappa shape index (κ1) is 15.8. The minimum atomic E-state index is -0.472. The Morgan fingerprint density at radius 2 is 2.10 bits per heavy atom. The molecule has 1 atom stereocenters. The molecule has 0 aromatic heterocycles. The van der Waals surface area contributed by atoms with Crippen molar-refractivity contribution in [3.63, 3.8) is 0 Å². The van der Waals surface area contributed by atoms with E-state index in [4.69, 9.17) is 9.57 Å². The molecule has 1 amide bonds. The van der Waals surface area contributed by atoms with Gasteiger partial charge in [0.25, 0.3) is 0 Å². The van der Waals surface area contributed by atoms with E-state index in [2.05, 4.69) is 17.4 Å². The van der Waals surface area contributed by atoms with Crippen LogP contribution in [0.25, 0.3) is 0 Å². The fraction of sp³-hybridized carbons (Fsp3) is 0.562. The highest BCUT2D eigenvalue weighted by atomic mass is 16.7. The summed E-state index contributed by atoms with van der Waals surface area (Å²) in [5, 5.41) is 4.69. The minimum Gasteiger partial charge on any atom is -0.444 e. The predicted octanol–water partition coefficient (Wildman–Crippen LogP) is 2.72. The lowest BCUT2D eigenvalue weighted by atomic mass is 10.2. The maximum Gasteiger partial charge on any atom is 0.407 e. The van der Waals surface area contributed by atoms with Gasteiger partial charge < -0.3 is 10.1 Å². The number of carbonyl (C=O) groups excluding carboxylic acids is 1. The molecule has 1 N–H and O–H groups in total. The number of amides is 1. The smallest absolute Gasteiger partial charge is 0.407 e. The number of benzene rings is 1. The van der Waals surface area contributed by atoms with Gasteiger partial charge in [0.15, 0.2) is 0 Å². The molecule has 116 valence electrons. The van der Waals surface area contributed by atoms with Crippen molar-refractivity contribution in [1.82, 2.24) is 10.4 Å². The summed E-state index contributed by atoms with van der Waals surface area (Å²) in [7, 11) is 0. The number of hydrogen-bond acceptors (Lipinski definition) is 4. The molecule has 1 aliphatic rings. The Balaban J connectivity index is 1.69. The summed E-state index contributed by atoms with van der Waals surface area (Å²) in [6.07, 6.45) is 0.525. The van der Waals surface area contributed by atoms with Gasteiger partial charge in [-0.3, -0.25) is 4.84 Å². The first-order valence-corrected chi connectivity index (χ1v) is 7.35. The summed E-state index contributed by atoms with van der Waals surface area (Å²) in [5.74, 6) is 0. The highest BCUT2D eigenvalue weighted by molar-refractivity contribution is 5.67. The molecular formula is C16H24N2O3. The highest BCUT2D eigenvalue weighted by Crippen LogP contribution is 2.16. The molecule has 1 saturated heterocycles. The van der Waals surface area contributed by atoms with Crippen LogP contribution in [0.3, 0.4) is 0 Å². The van der Waals surface area contributed by atoms with Gasteiger partial charge in [-0.05, 0) is 32.8 Å². The van der Waals surface area contributed by atoms with E-state index in [1.165, 1.54) is 5.56 Å². The third-order valence-corrected chi connectivity index (χ3v) is 3.07. The van der Waals surface area contributed by atoms with Gasteiger partial charge in [-0.1, -0.05) is 30.3 Å². The topological polar surface area (TPSA) is 50.8 Å². The number of alkyl carbamates (subject to hydrolysis) is 1. The molecule has 1 aromatic carbocycles. The van der Waals surface area contributed by atoms with Crippen LogP contribution in [-0.4, -0.2) is 36.0 Å². The van der Waals surface area contributed by atoms with E-state index in [0.29, 0.717) is 6.54 Å². The van der Waals surface area contributed by atoms with Crippen LogP contribution in [0.1, 0.15) is 32.8 Å². The predicted molar refractivity (Wildman–Crippen MR) is 80.6 cm³/mol. The van der Waals surface area contributed by atoms with Crippen molar-refractivity contribution < 1.29 is 14.4 Å². The van der Waals surface area contributed by atoms with Gasteiger partial charge in [0, 0.05) is 19.6 Å². The van der Waals surface area contributed by atoms with E-state index in [-0.39, 0.29) is 6.10 Å². The van der Waals surface area contributed by atoms with Crippen molar-refractivity contribution >= 4 is 6.09 Å². The van der Waals surface area contributed by atoms with Crippen LogP contribution >= 0.6 is 0 Å². The third-order valence-electron chi connectivity index (χ3n) is 3.07. The number of carbonyl (C=O) groups is 1. The average molecular weight is 292 g/mol. The molecule has 5 heteroatoms. The van der Waals surface area contributed by atoms with Crippen LogP contribution in [-0.2, 0) is 16.1 Å². The number of nitrogens with zero attached hydrogens (tertiary/aromatic N) is 1. The van der Waals surface area contributed by atoms with Gasteiger partial charge in [-0.2, -0.15) is 5.06 Å². The fourth-order valence-corrected chi connectivity index (χ4v) is 2.16. The molecule has 1 aromatic rings. The Morgan fingerprint density at radius 1 is 1.38 bits per heavy atom. The maximum absolute atomic E-state index is 11.6. The molecular weight excluding hydrogens is 268 g/mol. The third kappa shape index (κ3) is 5.73. The Labute approximate surface area is 126 Å². The van der Waals surface area contributed by atoms with E-state index >= 15 is 0 Å². The summed E-state index contributed by atoms with van der Waals surface area (Å²) in [5.41, 5.74) is 0.748. The van der Waals surface area contributed by atoms with E-state index in [0.717, 1.165) is 19.5 Å². The van der Waals surface area contributed by atoms with Gasteiger partial charge in [-0.25, -0.2) is 4.79 Å². The van der Waals surface area contributed by atoms with Gasteiger partial charge >= 0.3 is 6.09 Å². The van der Waals surface area contributed by atoms with Crippen molar-refractivity contribution in [2.75, 3.05) is 13.1 Å². The lowest BCUT2D eigenvalue weighted by Gasteiger charge is -2.21. The van der Waals surface area contributed by atoms with E-state index in [1.807, 2.05) is 44.0 Å². The van der Waals surface area contributed by atoms with E-state index in [9.17, 15) is 4.79 Å². The van der Waals surface area contributed by atoms with Crippen LogP contribution in [0, 0.1) is 0 Å². The monoisotopic (exact) mass is 292 g/mol. The molecule has 21 heavy (non-hydrogen) atoms. The van der Waals surface area contributed by atoms with Crippen molar-refractivity contribution in [3.8, 4) is 0 Å². The number of hydrogen-bond donors (Lipinski definition) is 1. The van der Waals surface area contributed by atoms with Crippen LogP contribution in [0.15, 0.2) is 30.3 Å². The minimum absolute atomic E-state index is 0.0150. The molecule has 0 aliphatic carbocycles. The van der Waals surface area contributed by atoms with Crippen LogP contribution in [0.2, 0.25) is 0 Å². The zero-order chi connectivity index (χ0) is 15.3. The molecule has 1 aliphatic heterocycles. The zero-order valence-corrected chi connectivity index (χ0v) is 13.0. The number of rotatable bonds is 4. The van der Waals surface area contributed by atoms with Crippen molar-refractivity contribution in [2.45, 2.75) is 45.4 Å². The van der Waals surface area contributed by atoms with E-state index < -0.39 is 11.7 Å². The molecule has 0 radical (unpaired) electrons. The normalized spacial score (nSPS) is 19.5. The Hall–Kier alpha value is -1.59. The molecule has 0 spiro atoms. The molecule has 1 fully saturated rings. The van der Waals surface area contributed by atoms with Crippen LogP contribution in [0.4, 0.5) is 4.79 Å². The summed E-state index contributed by atoms with van der Waals surface area (Å²) in [4.78, 5) is 17.4. The largest absolute Gasteiger partial charge is 0.444 e. The van der Waals surface area contributed by atoms with Crippen molar-refractivity contribution in [3.05, 3.63) is 35.9 Å². The second-order valence-electron chi connectivity index (χ2n) is 6.25. The first-order chi connectivity index (χ1) is 9.92. The zero-order valence-electron chi connectivity index (χ0n) is 13.0. The summed E-state index contributed by atoms with van der Waals surface area (Å²) >= 11 is 0. The lowest BCUT2D eigenvalue weighted by Crippen LogP contribution is -2.37. The lowest BCUT2D eigenvalue weighted by molar-refractivity contribution is -0.150. The quantitative estimate of drug-likeness (QED) is 0.927. The molecule has 5 nitrogen and oxygen atoms in total. The molecule has 1 heterocycles. The van der Waals surface area contributed by atoms with E-state index in [1.54, 1.807) is 0 Å². The van der Waals surface area contributed by atoms with Gasteiger partial charge in [-0.15, -0.1) is 0 Å². The second-order valence-corrected chi connectivity index (χ2v) is 6.25. The number of hydroxylamine groups is 2. The first-order valence-electron chi connectivity index (χ1n) is 7.35. The summed E-state index contributed by atoms with van der Waals surface area (Å²) < 4.78 is 5.20. The number of ether oxygens (including phenoxy) is 1. The standard InChI is InChI=1S/C16H24N2O3/c1-16(2,3)20-15(19)17-11-14-9-10-18(21-14)12-13-7-5-4-6-8-13/h4-8,14H,9-12H2,1-3H3,(H,17,19). The SMILES string of the molecule is CC(C)(C)OC(=O)NCC1CCN(Cc2ccccc2)O1. The Bertz CT molecular complexity index is 456. The fourth-order valence-electron chi connectivity index (χ4n) is 2.16. The molecule has 0 bridgehead atoms. The molecule has 2 rings (SSSR count). The van der Waals surface area contributed by atoms with Crippen molar-refractivity contribution in [2.24, 2.45) is 0 Å². The maximum atomic E-state index is 11.6. The van der Waals surface area contributed by atoms with Gasteiger partial charge in [0.1, 0.15) is 5.60 Å². The summed E-state index contributed by atoms with van der Waals surface area (Å²) in [6.45, 7) is 7.65. The highest BCUT2D eigenvalue weighted by Gasteiger charge is 2.25. The Morgan fingerprint density at radius 3 is 2.76 bits per heavy atom. The van der Waals surface area contributed by atoms with Gasteiger partial charge in [0.2, 0.25) is 0 Å². The molecule has 0 saturated carbocycles. The number of nitrogens with one attached hydrogen (secondary N) is 1. The summed E-state index contributed by atoms with van der Waals surface area (Å²) in [6, 6.07) is 10.2. The molecule has 1 unspecified atom stereocenters. The second kappa shape index (κ2) is 6.91.